The molecule has 29 heavy (non-hydrogen) atoms. The molecule has 7 heteroatoms. The van der Waals surface area contributed by atoms with Crippen LogP contribution in [0.1, 0.15) is 0 Å². The largest absolute Gasteiger partial charge is 0.325 e. The van der Waals surface area contributed by atoms with Gasteiger partial charge >= 0.3 is 0 Å². The van der Waals surface area contributed by atoms with Gasteiger partial charge in [0.2, 0.25) is 5.91 Å². The van der Waals surface area contributed by atoms with E-state index < -0.39 is 0 Å². The summed E-state index contributed by atoms with van der Waals surface area (Å²) in [5.74, 6) is 0.742. The van der Waals surface area contributed by atoms with E-state index in [1.165, 1.54) is 11.8 Å². The molecule has 0 aliphatic carbocycles. The number of amides is 1. The highest BCUT2D eigenvalue weighted by molar-refractivity contribution is 9.10. The summed E-state index contributed by atoms with van der Waals surface area (Å²) in [4.78, 5) is 21.8. The lowest BCUT2D eigenvalue weighted by Gasteiger charge is -2.10. The van der Waals surface area contributed by atoms with Gasteiger partial charge in [0.05, 0.1) is 11.3 Å². The zero-order chi connectivity index (χ0) is 20.2. The smallest absolute Gasteiger partial charge is 0.234 e. The van der Waals surface area contributed by atoms with Crippen molar-refractivity contribution < 1.29 is 4.79 Å². The van der Waals surface area contributed by atoms with Gasteiger partial charge in [0, 0.05) is 26.1 Å². The van der Waals surface area contributed by atoms with Gasteiger partial charge in [0.1, 0.15) is 5.03 Å². The summed E-state index contributed by atoms with van der Waals surface area (Å²) in [7, 11) is 0. The average molecular weight is 485 g/mol. The van der Waals surface area contributed by atoms with Gasteiger partial charge in [-0.2, -0.15) is 0 Å². The van der Waals surface area contributed by atoms with Gasteiger partial charge in [-0.15, -0.1) is 0 Å². The lowest BCUT2D eigenvalue weighted by Crippen LogP contribution is -2.14. The Labute approximate surface area is 185 Å². The third kappa shape index (κ3) is 4.96. The summed E-state index contributed by atoms with van der Waals surface area (Å²) >= 11 is 10.9. The highest BCUT2D eigenvalue weighted by atomic mass is 79.9. The van der Waals surface area contributed by atoms with Crippen molar-refractivity contribution in [3.05, 3.63) is 82.3 Å². The molecule has 4 aromatic rings. The first kappa shape index (κ1) is 19.9. The number of thioether (sulfide) groups is 1. The third-order valence-corrected chi connectivity index (χ3v) is 5.88. The highest BCUT2D eigenvalue weighted by Crippen LogP contribution is 2.30. The molecule has 3 aromatic carbocycles. The second kappa shape index (κ2) is 8.95. The Hall–Kier alpha value is -2.41. The van der Waals surface area contributed by atoms with Crippen molar-refractivity contribution in [1.29, 1.82) is 0 Å². The van der Waals surface area contributed by atoms with Crippen molar-refractivity contribution in [3.8, 4) is 11.4 Å². The zero-order valence-electron chi connectivity index (χ0n) is 15.1. The molecule has 0 saturated heterocycles. The number of aromatic nitrogens is 2. The summed E-state index contributed by atoms with van der Waals surface area (Å²) < 4.78 is 0.961. The molecule has 0 bridgehead atoms. The number of halogens is 2. The Morgan fingerprint density at radius 3 is 2.52 bits per heavy atom. The van der Waals surface area contributed by atoms with Gasteiger partial charge in [-0.25, -0.2) is 9.97 Å². The molecule has 4 rings (SSSR count). The topological polar surface area (TPSA) is 54.9 Å². The molecule has 0 unspecified atom stereocenters. The van der Waals surface area contributed by atoms with Gasteiger partial charge in [0.25, 0.3) is 0 Å². The SMILES string of the molecule is O=C(CSc1nc(-c2ccccc2)nc2ccc(Cl)cc12)Nc1ccc(Br)cc1. The van der Waals surface area contributed by atoms with Crippen molar-refractivity contribution in [2.45, 2.75) is 5.03 Å². The summed E-state index contributed by atoms with van der Waals surface area (Å²) in [6.07, 6.45) is 0. The number of benzene rings is 3. The van der Waals surface area contributed by atoms with Gasteiger partial charge in [-0.3, -0.25) is 4.79 Å². The maximum absolute atomic E-state index is 12.4. The standard InChI is InChI=1S/C22H15BrClN3OS/c23-15-6-9-17(10-7-15)25-20(28)13-29-22-18-12-16(24)8-11-19(18)26-21(27-22)14-4-2-1-3-5-14/h1-12H,13H2,(H,25,28). The van der Waals surface area contributed by atoms with Crippen LogP contribution in [-0.2, 0) is 4.79 Å². The maximum atomic E-state index is 12.4. The quantitative estimate of drug-likeness (QED) is 0.261. The first-order valence-corrected chi connectivity index (χ1v) is 10.9. The molecular weight excluding hydrogens is 470 g/mol. The number of hydrogen-bond acceptors (Lipinski definition) is 4. The number of anilines is 1. The van der Waals surface area contributed by atoms with Gasteiger partial charge < -0.3 is 5.32 Å². The fourth-order valence-corrected chi connectivity index (χ4v) is 4.01. The molecule has 1 aromatic heterocycles. The monoisotopic (exact) mass is 483 g/mol. The lowest BCUT2D eigenvalue weighted by molar-refractivity contribution is -0.113. The molecule has 0 saturated carbocycles. The third-order valence-electron chi connectivity index (χ3n) is 4.12. The van der Waals surface area contributed by atoms with E-state index in [4.69, 9.17) is 16.6 Å². The van der Waals surface area contributed by atoms with E-state index >= 15 is 0 Å². The Morgan fingerprint density at radius 2 is 1.76 bits per heavy atom. The Bertz CT molecular complexity index is 1170. The first-order chi connectivity index (χ1) is 14.1. The van der Waals surface area contributed by atoms with Gasteiger partial charge in [-0.1, -0.05) is 69.6 Å². The molecule has 4 nitrogen and oxygen atoms in total. The molecule has 1 amide bonds. The lowest BCUT2D eigenvalue weighted by atomic mass is 10.2. The van der Waals surface area contributed by atoms with E-state index in [1.807, 2.05) is 66.7 Å². The van der Waals surface area contributed by atoms with Crippen LogP contribution in [0.3, 0.4) is 0 Å². The number of carbonyl (C=O) groups excluding carboxylic acids is 1. The number of nitrogens with one attached hydrogen (secondary N) is 1. The average Bonchev–Trinajstić information content (AvgIpc) is 2.74. The normalized spacial score (nSPS) is 10.8. The van der Waals surface area contributed by atoms with Crippen molar-refractivity contribution >= 4 is 61.8 Å². The summed E-state index contributed by atoms with van der Waals surface area (Å²) in [5, 5.41) is 5.06. The second-order valence-electron chi connectivity index (χ2n) is 6.22. The predicted molar refractivity (Wildman–Crippen MR) is 123 cm³/mol. The molecular formula is C22H15BrClN3OS. The van der Waals surface area contributed by atoms with Crippen molar-refractivity contribution in [1.82, 2.24) is 9.97 Å². The Morgan fingerprint density at radius 1 is 1.00 bits per heavy atom. The minimum Gasteiger partial charge on any atom is -0.325 e. The maximum Gasteiger partial charge on any atom is 0.234 e. The number of fused-ring (bicyclic) bond motifs is 1. The van der Waals surface area contributed by atoms with E-state index in [9.17, 15) is 4.79 Å². The number of hydrogen-bond donors (Lipinski definition) is 1. The van der Waals surface area contributed by atoms with E-state index in [1.54, 1.807) is 6.07 Å². The Kier molecular flexibility index (Phi) is 6.13. The molecule has 1 heterocycles. The molecule has 1 N–H and O–H groups in total. The van der Waals surface area contributed by atoms with E-state index in [0.717, 1.165) is 31.7 Å². The molecule has 0 aliphatic heterocycles. The second-order valence-corrected chi connectivity index (χ2v) is 8.54. The first-order valence-electron chi connectivity index (χ1n) is 8.79. The summed E-state index contributed by atoms with van der Waals surface area (Å²) in [6, 6.07) is 22.7. The van der Waals surface area contributed by atoms with Gasteiger partial charge in [0.15, 0.2) is 5.82 Å². The van der Waals surface area contributed by atoms with Crippen LogP contribution >= 0.6 is 39.3 Å². The molecule has 0 aliphatic rings. The molecule has 0 spiro atoms. The fraction of sp³-hybridized carbons (Fsp3) is 0.0455. The summed E-state index contributed by atoms with van der Waals surface area (Å²) in [5.41, 5.74) is 2.46. The Balaban J connectivity index is 1.60. The van der Waals surface area contributed by atoms with Crippen LogP contribution in [0.2, 0.25) is 5.02 Å². The number of carbonyl (C=O) groups is 1. The highest BCUT2D eigenvalue weighted by Gasteiger charge is 2.13. The van der Waals surface area contributed by atoms with Crippen LogP contribution in [0.15, 0.2) is 82.3 Å². The molecule has 0 atom stereocenters. The zero-order valence-corrected chi connectivity index (χ0v) is 18.3. The minimum atomic E-state index is -0.104. The van der Waals surface area contributed by atoms with Crippen molar-refractivity contribution in [3.63, 3.8) is 0 Å². The van der Waals surface area contributed by atoms with Crippen molar-refractivity contribution in [2.75, 3.05) is 11.1 Å². The molecule has 144 valence electrons. The van der Waals surface area contributed by atoms with Crippen LogP contribution < -0.4 is 5.32 Å². The predicted octanol–water partition coefficient (Wildman–Crippen LogP) is 6.44. The number of rotatable bonds is 5. The fourth-order valence-electron chi connectivity index (χ4n) is 2.76. The molecule has 0 fully saturated rings. The van der Waals surface area contributed by atoms with Crippen LogP contribution in [-0.4, -0.2) is 21.6 Å². The minimum absolute atomic E-state index is 0.104. The van der Waals surface area contributed by atoms with Crippen LogP contribution in [0.5, 0.6) is 0 Å². The van der Waals surface area contributed by atoms with E-state index in [0.29, 0.717) is 10.8 Å². The van der Waals surface area contributed by atoms with E-state index in [2.05, 4.69) is 26.2 Å². The van der Waals surface area contributed by atoms with Crippen LogP contribution in [0.4, 0.5) is 5.69 Å². The summed E-state index contributed by atoms with van der Waals surface area (Å²) in [6.45, 7) is 0. The van der Waals surface area contributed by atoms with Crippen LogP contribution in [0.25, 0.3) is 22.3 Å². The van der Waals surface area contributed by atoms with Gasteiger partial charge in [-0.05, 0) is 42.5 Å². The van der Waals surface area contributed by atoms with E-state index in [-0.39, 0.29) is 11.7 Å². The van der Waals surface area contributed by atoms with Crippen LogP contribution in [0, 0.1) is 0 Å². The van der Waals surface area contributed by atoms with Crippen molar-refractivity contribution in [2.24, 2.45) is 0 Å². The number of nitrogens with zero attached hydrogens (tertiary/aromatic N) is 2. The molecule has 0 radical (unpaired) electrons.